The largest absolute Gasteiger partial charge is 0.465 e. The van der Waals surface area contributed by atoms with E-state index < -0.39 is 46.7 Å². The van der Waals surface area contributed by atoms with Crippen molar-refractivity contribution in [1.29, 1.82) is 0 Å². The van der Waals surface area contributed by atoms with Crippen LogP contribution in [0.15, 0.2) is 39.9 Å². The first-order chi connectivity index (χ1) is 12.4. The van der Waals surface area contributed by atoms with Crippen molar-refractivity contribution in [1.82, 2.24) is 4.90 Å². The van der Waals surface area contributed by atoms with E-state index in [1.807, 2.05) is 5.32 Å². The Morgan fingerprint density at radius 3 is 2.65 bits per heavy atom. The van der Waals surface area contributed by atoms with Crippen LogP contribution in [0.25, 0.3) is 6.08 Å². The second kappa shape index (κ2) is 7.08. The molecule has 1 aromatic heterocycles. The number of halogens is 3. The molecule has 2 aromatic rings. The number of nitrogens with one attached hydrogen (secondary N) is 1. The zero-order chi connectivity index (χ0) is 18.8. The average Bonchev–Trinajstić information content (AvgIpc) is 3.20. The van der Waals surface area contributed by atoms with E-state index in [4.69, 9.17) is 4.42 Å². The molecule has 3 rings (SSSR count). The number of amides is 3. The van der Waals surface area contributed by atoms with Crippen molar-refractivity contribution in [2.75, 3.05) is 11.9 Å². The molecule has 26 heavy (non-hydrogen) atoms. The maximum absolute atomic E-state index is 13.6. The third-order valence-electron chi connectivity index (χ3n) is 3.30. The van der Waals surface area contributed by atoms with Gasteiger partial charge < -0.3 is 9.73 Å². The fourth-order valence-corrected chi connectivity index (χ4v) is 2.91. The van der Waals surface area contributed by atoms with Gasteiger partial charge >= 0.3 is 0 Å². The van der Waals surface area contributed by atoms with Crippen LogP contribution in [0.5, 0.6) is 0 Å². The van der Waals surface area contributed by atoms with Crippen molar-refractivity contribution in [3.05, 3.63) is 58.6 Å². The predicted molar refractivity (Wildman–Crippen MR) is 86.3 cm³/mol. The Bertz CT molecular complexity index is 928. The minimum atomic E-state index is -1.74. The minimum absolute atomic E-state index is 0.0526. The van der Waals surface area contributed by atoms with Gasteiger partial charge in [0.05, 0.1) is 16.9 Å². The number of hydrogen-bond donors (Lipinski definition) is 1. The number of hydrogen-bond acceptors (Lipinski definition) is 5. The molecular weight excluding hydrogens is 373 g/mol. The quantitative estimate of drug-likeness (QED) is 0.648. The van der Waals surface area contributed by atoms with Gasteiger partial charge in [-0.05, 0) is 36.0 Å². The summed E-state index contributed by atoms with van der Waals surface area (Å²) >= 11 is 0.611. The lowest BCUT2D eigenvalue weighted by molar-refractivity contribution is -0.127. The van der Waals surface area contributed by atoms with Crippen LogP contribution in [0.2, 0.25) is 0 Å². The van der Waals surface area contributed by atoms with Gasteiger partial charge in [-0.25, -0.2) is 13.2 Å². The Morgan fingerprint density at radius 1 is 1.19 bits per heavy atom. The molecule has 1 fully saturated rings. The lowest BCUT2D eigenvalue weighted by atomic mass is 10.2. The van der Waals surface area contributed by atoms with Crippen molar-refractivity contribution in [2.24, 2.45) is 0 Å². The van der Waals surface area contributed by atoms with Gasteiger partial charge in [-0.15, -0.1) is 0 Å². The van der Waals surface area contributed by atoms with Gasteiger partial charge in [0.25, 0.3) is 11.1 Å². The van der Waals surface area contributed by atoms with Crippen LogP contribution in [0.3, 0.4) is 0 Å². The second-order valence-corrected chi connectivity index (χ2v) is 6.05. The highest BCUT2D eigenvalue weighted by Gasteiger charge is 2.36. The van der Waals surface area contributed by atoms with Crippen LogP contribution >= 0.6 is 11.8 Å². The number of thioether (sulfide) groups is 1. The summed E-state index contributed by atoms with van der Waals surface area (Å²) in [4.78, 5) is 36.8. The Hall–Kier alpha value is -3.01. The van der Waals surface area contributed by atoms with Crippen LogP contribution in [-0.4, -0.2) is 28.5 Å². The molecule has 10 heteroatoms. The Morgan fingerprint density at radius 2 is 1.96 bits per heavy atom. The Kier molecular flexibility index (Phi) is 4.85. The van der Waals surface area contributed by atoms with Gasteiger partial charge in [-0.1, -0.05) is 0 Å². The molecular formula is C16H9F3N2O4S. The van der Waals surface area contributed by atoms with E-state index in [9.17, 15) is 27.6 Å². The summed E-state index contributed by atoms with van der Waals surface area (Å²) in [6.45, 7) is -0.710. The number of nitrogens with zero attached hydrogens (tertiary/aromatic N) is 1. The van der Waals surface area contributed by atoms with Crippen LogP contribution in [0.4, 0.5) is 23.7 Å². The minimum Gasteiger partial charge on any atom is -0.465 e. The summed E-state index contributed by atoms with van der Waals surface area (Å²) in [5.41, 5.74) is -0.605. The number of rotatable bonds is 4. The molecule has 1 aliphatic heterocycles. The van der Waals surface area contributed by atoms with Crippen molar-refractivity contribution in [3.8, 4) is 0 Å². The molecule has 0 spiro atoms. The Balaban J connectivity index is 1.71. The summed E-state index contributed by atoms with van der Waals surface area (Å²) in [5.74, 6) is -6.05. The molecule has 0 radical (unpaired) electrons. The molecule has 0 bridgehead atoms. The molecule has 6 nitrogen and oxygen atoms in total. The van der Waals surface area contributed by atoms with Crippen LogP contribution in [0, 0.1) is 17.5 Å². The smallest absolute Gasteiger partial charge is 0.294 e. The summed E-state index contributed by atoms with van der Waals surface area (Å²) in [6.07, 6.45) is 2.73. The van der Waals surface area contributed by atoms with Gasteiger partial charge in [0.15, 0.2) is 17.5 Å². The summed E-state index contributed by atoms with van der Waals surface area (Å²) < 4.78 is 44.7. The molecule has 134 valence electrons. The van der Waals surface area contributed by atoms with Crippen molar-refractivity contribution >= 4 is 40.6 Å². The first-order valence-corrected chi connectivity index (χ1v) is 7.90. The second-order valence-electron chi connectivity index (χ2n) is 5.05. The summed E-state index contributed by atoms with van der Waals surface area (Å²) in [7, 11) is 0. The first-order valence-electron chi connectivity index (χ1n) is 7.09. The fourth-order valence-electron chi connectivity index (χ4n) is 2.09. The SMILES string of the molecule is O=C(CN1C(=O)S/C(=C/c2ccco2)C1=O)Nc1ccc(F)c(F)c1F. The number of imide groups is 1. The molecule has 2 heterocycles. The van der Waals surface area contributed by atoms with E-state index in [1.54, 1.807) is 12.1 Å². The average molecular weight is 382 g/mol. The van der Waals surface area contributed by atoms with Crippen molar-refractivity contribution < 1.29 is 32.0 Å². The number of benzene rings is 1. The van der Waals surface area contributed by atoms with E-state index in [1.165, 1.54) is 12.3 Å². The van der Waals surface area contributed by atoms with E-state index >= 15 is 0 Å². The van der Waals surface area contributed by atoms with Gasteiger partial charge in [0, 0.05) is 6.08 Å². The highest BCUT2D eigenvalue weighted by Crippen LogP contribution is 2.32. The van der Waals surface area contributed by atoms with E-state index in [0.717, 1.165) is 6.07 Å². The molecule has 0 saturated carbocycles. The lowest BCUT2D eigenvalue weighted by Crippen LogP contribution is -2.36. The number of carbonyl (C=O) groups is 3. The van der Waals surface area contributed by atoms with Crippen LogP contribution in [-0.2, 0) is 9.59 Å². The van der Waals surface area contributed by atoms with Gasteiger partial charge in [0.1, 0.15) is 12.3 Å². The molecule has 1 N–H and O–H groups in total. The molecule has 1 aromatic carbocycles. The normalized spacial score (nSPS) is 15.8. The summed E-state index contributed by atoms with van der Waals surface area (Å²) in [5, 5.41) is 1.29. The first kappa shape index (κ1) is 17.8. The zero-order valence-electron chi connectivity index (χ0n) is 12.8. The highest BCUT2D eigenvalue weighted by atomic mass is 32.2. The topological polar surface area (TPSA) is 79.6 Å². The molecule has 1 saturated heterocycles. The van der Waals surface area contributed by atoms with Crippen LogP contribution < -0.4 is 5.32 Å². The van der Waals surface area contributed by atoms with Gasteiger partial charge in [-0.2, -0.15) is 0 Å². The Labute approximate surface area is 148 Å². The molecule has 0 aliphatic carbocycles. The molecule has 0 atom stereocenters. The van der Waals surface area contributed by atoms with E-state index in [0.29, 0.717) is 28.5 Å². The molecule has 3 amide bonds. The van der Waals surface area contributed by atoms with Crippen molar-refractivity contribution in [2.45, 2.75) is 0 Å². The molecule has 0 unspecified atom stereocenters. The zero-order valence-corrected chi connectivity index (χ0v) is 13.6. The molecule has 1 aliphatic rings. The third-order valence-corrected chi connectivity index (χ3v) is 4.21. The van der Waals surface area contributed by atoms with E-state index in [2.05, 4.69) is 0 Å². The number of furan rings is 1. The number of carbonyl (C=O) groups excluding carboxylic acids is 3. The van der Waals surface area contributed by atoms with E-state index in [-0.39, 0.29) is 4.91 Å². The van der Waals surface area contributed by atoms with Gasteiger partial charge in [-0.3, -0.25) is 19.3 Å². The maximum atomic E-state index is 13.6. The predicted octanol–water partition coefficient (Wildman–Crippen LogP) is 3.37. The number of anilines is 1. The van der Waals surface area contributed by atoms with Crippen LogP contribution in [0.1, 0.15) is 5.76 Å². The monoisotopic (exact) mass is 382 g/mol. The summed E-state index contributed by atoms with van der Waals surface area (Å²) in [6, 6.07) is 4.64. The third kappa shape index (κ3) is 3.49. The lowest BCUT2D eigenvalue weighted by Gasteiger charge is -2.13. The highest BCUT2D eigenvalue weighted by molar-refractivity contribution is 8.18. The van der Waals surface area contributed by atoms with Gasteiger partial charge in [0.2, 0.25) is 5.91 Å². The standard InChI is InChI=1S/C16H9F3N2O4S/c17-9-3-4-10(14(19)13(9)18)20-12(22)7-21-15(23)11(26-16(21)24)6-8-2-1-5-25-8/h1-6H,7H2,(H,20,22)/b11-6+. The van der Waals surface area contributed by atoms with Crippen molar-refractivity contribution in [3.63, 3.8) is 0 Å². The maximum Gasteiger partial charge on any atom is 0.294 e. The fraction of sp³-hybridized carbons (Fsp3) is 0.0625.